The van der Waals surface area contributed by atoms with Gasteiger partial charge >= 0.3 is 0 Å². The molecule has 0 saturated carbocycles. The van der Waals surface area contributed by atoms with E-state index in [-0.39, 0.29) is 28.6 Å². The van der Waals surface area contributed by atoms with E-state index >= 15 is 0 Å². The molecule has 1 aromatic rings. The van der Waals surface area contributed by atoms with Crippen molar-refractivity contribution in [3.8, 4) is 0 Å². The monoisotopic (exact) mass is 308 g/mol. The Kier molecular flexibility index (Phi) is 4.96. The molecule has 0 saturated heterocycles. The molecule has 3 amide bonds. The van der Waals surface area contributed by atoms with Gasteiger partial charge in [-0.05, 0) is 18.6 Å². The van der Waals surface area contributed by atoms with Crippen molar-refractivity contribution in [2.75, 3.05) is 13.1 Å². The quantitative estimate of drug-likeness (QED) is 0.647. The van der Waals surface area contributed by atoms with Crippen LogP contribution in [0.5, 0.6) is 0 Å². The van der Waals surface area contributed by atoms with Crippen molar-refractivity contribution in [1.29, 1.82) is 0 Å². The normalized spacial score (nSPS) is 13.5. The van der Waals surface area contributed by atoms with Crippen LogP contribution in [0, 0.1) is 0 Å². The molecule has 0 aromatic heterocycles. The number of hydrogen-bond donors (Lipinski definition) is 1. The van der Waals surface area contributed by atoms with Crippen molar-refractivity contribution in [3.05, 3.63) is 34.3 Å². The molecule has 1 heterocycles. The number of benzene rings is 1. The SMILES string of the molecule is CCCCCNC(=O)CN1C(=O)c2cccc(Cl)c2C1=O. The molecule has 0 bridgehead atoms. The van der Waals surface area contributed by atoms with Crippen LogP contribution in [0.2, 0.25) is 5.02 Å². The lowest BCUT2D eigenvalue weighted by molar-refractivity contribution is -0.121. The second-order valence-corrected chi connectivity index (χ2v) is 5.32. The van der Waals surface area contributed by atoms with Crippen molar-refractivity contribution in [2.24, 2.45) is 0 Å². The van der Waals surface area contributed by atoms with Crippen LogP contribution in [0.1, 0.15) is 46.9 Å². The van der Waals surface area contributed by atoms with Crippen molar-refractivity contribution in [3.63, 3.8) is 0 Å². The van der Waals surface area contributed by atoms with E-state index in [1.807, 2.05) is 0 Å². The molecule has 0 radical (unpaired) electrons. The standard InChI is InChI=1S/C15H17ClN2O3/c1-2-3-4-8-17-12(19)9-18-14(20)10-6-5-7-11(16)13(10)15(18)21/h5-7H,2-4,8-9H2,1H3,(H,17,19). The van der Waals surface area contributed by atoms with Crippen molar-refractivity contribution >= 4 is 29.3 Å². The van der Waals surface area contributed by atoms with Crippen LogP contribution in [0.3, 0.4) is 0 Å². The third-order valence-electron chi connectivity index (χ3n) is 3.35. The number of rotatable bonds is 6. The Balaban J connectivity index is 2.00. The number of carbonyl (C=O) groups is 3. The highest BCUT2D eigenvalue weighted by Crippen LogP contribution is 2.28. The summed E-state index contributed by atoms with van der Waals surface area (Å²) < 4.78 is 0. The van der Waals surface area contributed by atoms with E-state index in [0.29, 0.717) is 6.54 Å². The largest absolute Gasteiger partial charge is 0.355 e. The molecule has 0 atom stereocenters. The van der Waals surface area contributed by atoms with Crippen molar-refractivity contribution < 1.29 is 14.4 Å². The van der Waals surface area contributed by atoms with Gasteiger partial charge in [0, 0.05) is 6.54 Å². The number of amides is 3. The van der Waals surface area contributed by atoms with Gasteiger partial charge < -0.3 is 5.32 Å². The molecule has 0 aliphatic carbocycles. The number of imide groups is 1. The third kappa shape index (κ3) is 3.24. The summed E-state index contributed by atoms with van der Waals surface area (Å²) in [5.74, 6) is -1.32. The second-order valence-electron chi connectivity index (χ2n) is 4.92. The molecule has 0 spiro atoms. The third-order valence-corrected chi connectivity index (χ3v) is 3.67. The fourth-order valence-corrected chi connectivity index (χ4v) is 2.49. The van der Waals surface area contributed by atoms with E-state index < -0.39 is 11.8 Å². The topological polar surface area (TPSA) is 66.5 Å². The molecule has 0 unspecified atom stereocenters. The Labute approximate surface area is 128 Å². The number of nitrogens with one attached hydrogen (secondary N) is 1. The lowest BCUT2D eigenvalue weighted by atomic mass is 10.1. The number of carbonyl (C=O) groups excluding carboxylic acids is 3. The zero-order chi connectivity index (χ0) is 15.4. The van der Waals surface area contributed by atoms with Crippen molar-refractivity contribution in [1.82, 2.24) is 10.2 Å². The molecular weight excluding hydrogens is 292 g/mol. The minimum Gasteiger partial charge on any atom is -0.355 e. The summed E-state index contributed by atoms with van der Waals surface area (Å²) in [4.78, 5) is 37.1. The first-order chi connectivity index (χ1) is 10.1. The molecule has 5 nitrogen and oxygen atoms in total. The summed E-state index contributed by atoms with van der Waals surface area (Å²) in [5.41, 5.74) is 0.439. The minimum atomic E-state index is -0.510. The van der Waals surface area contributed by atoms with Gasteiger partial charge in [0.25, 0.3) is 11.8 Å². The Morgan fingerprint density at radius 1 is 1.24 bits per heavy atom. The summed E-state index contributed by atoms with van der Waals surface area (Å²) in [7, 11) is 0. The lowest BCUT2D eigenvalue weighted by Crippen LogP contribution is -2.40. The predicted molar refractivity (Wildman–Crippen MR) is 79.4 cm³/mol. The Morgan fingerprint density at radius 2 is 2.00 bits per heavy atom. The highest BCUT2D eigenvalue weighted by atomic mass is 35.5. The van der Waals surface area contributed by atoms with Crippen LogP contribution in [0.25, 0.3) is 0 Å². The highest BCUT2D eigenvalue weighted by molar-refractivity contribution is 6.37. The Bertz CT molecular complexity index is 586. The second kappa shape index (κ2) is 6.72. The van der Waals surface area contributed by atoms with E-state index in [0.717, 1.165) is 24.2 Å². The number of fused-ring (bicyclic) bond motifs is 1. The molecule has 2 rings (SSSR count). The molecular formula is C15H17ClN2O3. The van der Waals surface area contributed by atoms with Crippen LogP contribution in [0.4, 0.5) is 0 Å². The van der Waals surface area contributed by atoms with Crippen molar-refractivity contribution in [2.45, 2.75) is 26.2 Å². The molecule has 1 aliphatic rings. The first kappa shape index (κ1) is 15.5. The fourth-order valence-electron chi connectivity index (χ4n) is 2.24. The van der Waals surface area contributed by atoms with Gasteiger partial charge in [-0.3, -0.25) is 19.3 Å². The smallest absolute Gasteiger partial charge is 0.263 e. The summed E-state index contributed by atoms with van der Waals surface area (Å²) in [5, 5.41) is 2.94. The molecule has 1 aliphatic heterocycles. The summed E-state index contributed by atoms with van der Waals surface area (Å²) in [6.45, 7) is 2.36. The first-order valence-electron chi connectivity index (χ1n) is 6.97. The van der Waals surface area contributed by atoms with Gasteiger partial charge in [0.2, 0.25) is 5.91 Å². The Morgan fingerprint density at radius 3 is 2.67 bits per heavy atom. The van der Waals surface area contributed by atoms with E-state index in [1.165, 1.54) is 0 Å². The predicted octanol–water partition coefficient (Wildman–Crippen LogP) is 2.24. The van der Waals surface area contributed by atoms with Gasteiger partial charge in [-0.1, -0.05) is 37.4 Å². The van der Waals surface area contributed by atoms with Gasteiger partial charge in [0.15, 0.2) is 0 Å². The maximum absolute atomic E-state index is 12.2. The summed E-state index contributed by atoms with van der Waals surface area (Å²) in [6, 6.07) is 4.71. The van der Waals surface area contributed by atoms with Crippen LogP contribution in [0.15, 0.2) is 18.2 Å². The van der Waals surface area contributed by atoms with E-state index in [1.54, 1.807) is 18.2 Å². The molecule has 1 N–H and O–H groups in total. The van der Waals surface area contributed by atoms with Gasteiger partial charge in [-0.15, -0.1) is 0 Å². The number of hydrogen-bond acceptors (Lipinski definition) is 3. The van der Waals surface area contributed by atoms with Crippen LogP contribution in [-0.4, -0.2) is 35.7 Å². The van der Waals surface area contributed by atoms with E-state index in [4.69, 9.17) is 11.6 Å². The fraction of sp³-hybridized carbons (Fsp3) is 0.400. The zero-order valence-electron chi connectivity index (χ0n) is 11.8. The van der Waals surface area contributed by atoms with Gasteiger partial charge in [0.1, 0.15) is 6.54 Å². The molecule has 6 heteroatoms. The van der Waals surface area contributed by atoms with Gasteiger partial charge in [-0.2, -0.15) is 0 Å². The maximum atomic E-state index is 12.2. The van der Waals surface area contributed by atoms with Gasteiger partial charge in [0.05, 0.1) is 16.1 Å². The average molecular weight is 309 g/mol. The number of unbranched alkanes of at least 4 members (excludes halogenated alkanes) is 2. The number of nitrogens with zero attached hydrogens (tertiary/aromatic N) is 1. The molecule has 1 aromatic carbocycles. The summed E-state index contributed by atoms with van der Waals surface area (Å²) in [6.07, 6.45) is 2.98. The first-order valence-corrected chi connectivity index (χ1v) is 7.35. The van der Waals surface area contributed by atoms with E-state index in [9.17, 15) is 14.4 Å². The van der Waals surface area contributed by atoms with Gasteiger partial charge in [-0.25, -0.2) is 0 Å². The highest BCUT2D eigenvalue weighted by Gasteiger charge is 2.37. The van der Waals surface area contributed by atoms with Crippen LogP contribution >= 0.6 is 11.6 Å². The Hall–Kier alpha value is -1.88. The average Bonchev–Trinajstić information content (AvgIpc) is 2.70. The minimum absolute atomic E-state index is 0.183. The molecule has 0 fully saturated rings. The maximum Gasteiger partial charge on any atom is 0.263 e. The van der Waals surface area contributed by atoms with Crippen LogP contribution in [-0.2, 0) is 4.79 Å². The van der Waals surface area contributed by atoms with E-state index in [2.05, 4.69) is 12.2 Å². The zero-order valence-corrected chi connectivity index (χ0v) is 12.6. The molecule has 21 heavy (non-hydrogen) atoms. The number of halogens is 1. The lowest BCUT2D eigenvalue weighted by Gasteiger charge is -2.13. The van der Waals surface area contributed by atoms with Crippen LogP contribution < -0.4 is 5.32 Å². The molecule has 112 valence electrons. The summed E-state index contributed by atoms with van der Waals surface area (Å²) >= 11 is 5.95.